The van der Waals surface area contributed by atoms with E-state index in [1.54, 1.807) is 38.7 Å². The van der Waals surface area contributed by atoms with Crippen LogP contribution in [0.3, 0.4) is 0 Å². The molecule has 3 rings (SSSR count). The molecule has 1 atom stereocenters. The normalized spacial score (nSPS) is 13.4. The van der Waals surface area contributed by atoms with Gasteiger partial charge in [-0.3, -0.25) is 9.71 Å². The van der Waals surface area contributed by atoms with Crippen molar-refractivity contribution < 1.29 is 26.9 Å². The molecule has 0 amide bonds. The fourth-order valence-electron chi connectivity index (χ4n) is 2.69. The van der Waals surface area contributed by atoms with Gasteiger partial charge in [0.2, 0.25) is 0 Å². The minimum absolute atomic E-state index is 0.349. The van der Waals surface area contributed by atoms with E-state index in [9.17, 15) is 17.4 Å². The molecule has 2 aromatic heterocycles. The van der Waals surface area contributed by atoms with Crippen molar-refractivity contribution in [2.24, 2.45) is 0 Å². The third-order valence-corrected chi connectivity index (χ3v) is 7.39. The lowest BCUT2D eigenvalue weighted by atomic mass is 10.1. The van der Waals surface area contributed by atoms with Gasteiger partial charge in [0.1, 0.15) is 17.2 Å². The number of methoxy groups -OCH3 is 2. The van der Waals surface area contributed by atoms with Crippen molar-refractivity contribution in [2.75, 3.05) is 25.2 Å². The Kier molecular flexibility index (Phi) is 6.46. The van der Waals surface area contributed by atoms with Crippen molar-refractivity contribution in [3.05, 3.63) is 53.2 Å². The van der Waals surface area contributed by atoms with E-state index in [2.05, 4.69) is 14.7 Å². The van der Waals surface area contributed by atoms with Crippen molar-refractivity contribution in [1.29, 1.82) is 0 Å². The second kappa shape index (κ2) is 8.75. The second-order valence-electron chi connectivity index (χ2n) is 6.54. The zero-order chi connectivity index (χ0) is 22.8. The van der Waals surface area contributed by atoms with Gasteiger partial charge in [-0.15, -0.1) is 11.3 Å². The van der Waals surface area contributed by atoms with Crippen LogP contribution in [0, 0.1) is 0 Å². The quantitative estimate of drug-likeness (QED) is 0.416. The Hall–Kier alpha value is -2.79. The molecule has 0 bridgehead atoms. The third-order valence-electron chi connectivity index (χ3n) is 4.52. The fourth-order valence-corrected chi connectivity index (χ4v) is 5.02. The van der Waals surface area contributed by atoms with E-state index in [0.29, 0.717) is 32.8 Å². The Labute approximate surface area is 182 Å². The van der Waals surface area contributed by atoms with Crippen LogP contribution in [0.2, 0.25) is 0 Å². The number of hydrogen-bond acceptors (Lipinski definition) is 6. The largest absolute Gasteiger partial charge is 0.497 e. The number of alkyl halides is 3. The van der Waals surface area contributed by atoms with E-state index in [4.69, 9.17) is 9.47 Å². The Morgan fingerprint density at radius 1 is 1.16 bits per heavy atom. The number of nitrogens with one attached hydrogen (secondary N) is 1. The highest BCUT2D eigenvalue weighted by Crippen LogP contribution is 2.35. The van der Waals surface area contributed by atoms with Gasteiger partial charge >= 0.3 is 6.18 Å². The molecule has 0 aliphatic carbocycles. The zero-order valence-electron chi connectivity index (χ0n) is 17.1. The molecule has 1 unspecified atom stereocenters. The Morgan fingerprint density at radius 2 is 1.90 bits per heavy atom. The maximum absolute atomic E-state index is 13.2. The Bertz CT molecular complexity index is 1200. The van der Waals surface area contributed by atoms with Crippen LogP contribution in [0.15, 0.2) is 41.9 Å². The standard InChI is InChI=1S/C20H20F3N3O3S2/c1-12(13-5-8-18(24-10-13)20(21,22)23)31(4,27)26-19-25-16(11-30-19)15-7-6-14(28-2)9-17(15)29-3/h5-11H,1-4H3,(H,25,26,27). The highest BCUT2D eigenvalue weighted by molar-refractivity contribution is 8.03. The molecule has 0 aliphatic rings. The van der Waals surface area contributed by atoms with Crippen LogP contribution in [0.4, 0.5) is 18.3 Å². The summed E-state index contributed by atoms with van der Waals surface area (Å²) in [4.78, 5) is 8.28. The van der Waals surface area contributed by atoms with E-state index < -0.39 is 21.6 Å². The number of thiazole rings is 1. The van der Waals surface area contributed by atoms with E-state index in [-0.39, 0.29) is 0 Å². The lowest BCUT2D eigenvalue weighted by molar-refractivity contribution is -0.141. The molecule has 11 heteroatoms. The number of aromatic nitrogens is 2. The van der Waals surface area contributed by atoms with Crippen LogP contribution in [0.25, 0.3) is 11.3 Å². The topological polar surface area (TPSA) is 73.3 Å². The van der Waals surface area contributed by atoms with Crippen LogP contribution in [0.5, 0.6) is 11.5 Å². The third kappa shape index (κ3) is 5.10. The Balaban J connectivity index is 1.89. The first kappa shape index (κ1) is 22.9. The van der Waals surface area contributed by atoms with Crippen LogP contribution in [-0.4, -0.2) is 39.5 Å². The van der Waals surface area contributed by atoms with Gasteiger partial charge in [0, 0.05) is 39.9 Å². The number of ether oxygens (including phenoxy) is 2. The molecule has 0 radical (unpaired) electrons. The SMILES string of the molecule is COc1ccc(-c2csc(NS(C)(=O)=C(C)c3ccc(C(F)(F)F)nc3)n2)c(OC)c1. The molecule has 1 aromatic carbocycles. The van der Waals surface area contributed by atoms with Crippen LogP contribution in [0.1, 0.15) is 18.2 Å². The second-order valence-corrected chi connectivity index (χ2v) is 9.90. The molecular formula is C20H20F3N3O3S2. The number of rotatable bonds is 6. The van der Waals surface area contributed by atoms with Crippen LogP contribution in [-0.2, 0) is 15.9 Å². The summed E-state index contributed by atoms with van der Waals surface area (Å²) in [5, 5.41) is 2.19. The summed E-state index contributed by atoms with van der Waals surface area (Å²) in [6.45, 7) is 1.58. The summed E-state index contributed by atoms with van der Waals surface area (Å²) in [7, 11) is 0.281. The summed E-state index contributed by atoms with van der Waals surface area (Å²) < 4.78 is 64.9. The first-order chi connectivity index (χ1) is 14.5. The number of hydrogen-bond donors (Lipinski definition) is 1. The first-order valence-corrected chi connectivity index (χ1v) is 11.7. The van der Waals surface area contributed by atoms with Crippen molar-refractivity contribution in [2.45, 2.75) is 13.1 Å². The minimum atomic E-state index is -4.53. The van der Waals surface area contributed by atoms with Gasteiger partial charge in [0.15, 0.2) is 5.13 Å². The monoisotopic (exact) mass is 471 g/mol. The zero-order valence-corrected chi connectivity index (χ0v) is 18.7. The maximum atomic E-state index is 13.2. The van der Waals surface area contributed by atoms with E-state index in [1.807, 2.05) is 6.07 Å². The Morgan fingerprint density at radius 3 is 2.48 bits per heavy atom. The van der Waals surface area contributed by atoms with Crippen molar-refractivity contribution in [3.8, 4) is 22.8 Å². The van der Waals surface area contributed by atoms with Gasteiger partial charge in [-0.2, -0.15) is 13.2 Å². The smallest absolute Gasteiger partial charge is 0.433 e. The highest BCUT2D eigenvalue weighted by Gasteiger charge is 2.32. The van der Waals surface area contributed by atoms with E-state index in [0.717, 1.165) is 17.8 Å². The van der Waals surface area contributed by atoms with Crippen LogP contribution >= 0.6 is 11.3 Å². The van der Waals surface area contributed by atoms with Crippen LogP contribution < -0.4 is 14.2 Å². The number of anilines is 1. The lowest BCUT2D eigenvalue weighted by Crippen LogP contribution is -2.20. The summed E-state index contributed by atoms with van der Waals surface area (Å²) >= 11 is 1.25. The van der Waals surface area contributed by atoms with Gasteiger partial charge in [-0.25, -0.2) is 9.19 Å². The van der Waals surface area contributed by atoms with Gasteiger partial charge in [-0.05, 0) is 25.1 Å². The first-order valence-electron chi connectivity index (χ1n) is 8.87. The minimum Gasteiger partial charge on any atom is -0.497 e. The summed E-state index contributed by atoms with van der Waals surface area (Å²) in [5.74, 6) is 1.22. The van der Waals surface area contributed by atoms with E-state index >= 15 is 0 Å². The molecule has 0 fully saturated rings. The number of pyridine rings is 1. The van der Waals surface area contributed by atoms with Gasteiger partial charge in [0.25, 0.3) is 0 Å². The predicted octanol–water partition coefficient (Wildman–Crippen LogP) is 4.72. The predicted molar refractivity (Wildman–Crippen MR) is 117 cm³/mol. The van der Waals surface area contributed by atoms with E-state index in [1.165, 1.54) is 23.7 Å². The molecule has 2 heterocycles. The van der Waals surface area contributed by atoms with Crippen molar-refractivity contribution in [3.63, 3.8) is 0 Å². The highest BCUT2D eigenvalue weighted by atomic mass is 32.2. The molecule has 3 aromatic rings. The average molecular weight is 472 g/mol. The molecule has 31 heavy (non-hydrogen) atoms. The fraction of sp³-hybridized carbons (Fsp3) is 0.250. The molecular weight excluding hydrogens is 451 g/mol. The number of halogens is 3. The van der Waals surface area contributed by atoms with Gasteiger partial charge in [0.05, 0.1) is 29.6 Å². The van der Waals surface area contributed by atoms with Crippen molar-refractivity contribution >= 4 is 31.0 Å². The van der Waals surface area contributed by atoms with Gasteiger partial charge in [-0.1, -0.05) is 6.07 Å². The summed E-state index contributed by atoms with van der Waals surface area (Å²) in [6.07, 6.45) is -1.99. The maximum Gasteiger partial charge on any atom is 0.433 e. The average Bonchev–Trinajstić information content (AvgIpc) is 3.19. The molecule has 0 aliphatic heterocycles. The molecule has 0 saturated carbocycles. The molecule has 166 valence electrons. The summed E-state index contributed by atoms with van der Waals surface area (Å²) in [6, 6.07) is 7.45. The van der Waals surface area contributed by atoms with Gasteiger partial charge < -0.3 is 9.47 Å². The summed E-state index contributed by atoms with van der Waals surface area (Å²) in [5.41, 5.74) is 0.707. The molecule has 6 nitrogen and oxygen atoms in total. The molecule has 0 saturated heterocycles. The number of benzene rings is 1. The lowest BCUT2D eigenvalue weighted by Gasteiger charge is -2.13. The number of nitrogens with zero attached hydrogens (tertiary/aromatic N) is 2. The molecule has 1 N–H and O–H groups in total. The van der Waals surface area contributed by atoms with Crippen molar-refractivity contribution in [1.82, 2.24) is 9.97 Å². The molecule has 0 spiro atoms.